The van der Waals surface area contributed by atoms with Crippen LogP contribution >= 0.6 is 0 Å². The molecule has 1 unspecified atom stereocenters. The zero-order valence-corrected chi connectivity index (χ0v) is 11.9. The first-order chi connectivity index (χ1) is 9.86. The molecular formula is C15H20F3NO2. The highest BCUT2D eigenvalue weighted by Crippen LogP contribution is 2.29. The van der Waals surface area contributed by atoms with Gasteiger partial charge < -0.3 is 10.4 Å². The number of halogens is 3. The first-order valence-corrected chi connectivity index (χ1v) is 6.90. The van der Waals surface area contributed by atoms with Gasteiger partial charge in [-0.25, -0.2) is 0 Å². The number of rotatable bonds is 7. The van der Waals surface area contributed by atoms with Gasteiger partial charge in [-0.15, -0.1) is 0 Å². The van der Waals surface area contributed by atoms with E-state index in [4.69, 9.17) is 5.11 Å². The summed E-state index contributed by atoms with van der Waals surface area (Å²) in [6.45, 7) is 2.44. The molecule has 1 aromatic rings. The molecule has 0 aliphatic rings. The Morgan fingerprint density at radius 3 is 2.67 bits per heavy atom. The third-order valence-electron chi connectivity index (χ3n) is 3.32. The maximum Gasteiger partial charge on any atom is 0.416 e. The van der Waals surface area contributed by atoms with E-state index in [0.29, 0.717) is 18.5 Å². The number of aliphatic hydroxyl groups excluding tert-OH is 1. The third-order valence-corrected chi connectivity index (χ3v) is 3.32. The van der Waals surface area contributed by atoms with Crippen LogP contribution in [0, 0.1) is 5.92 Å². The normalized spacial score (nSPS) is 13.0. The number of carbonyl (C=O) groups excluding carboxylic acids is 1. The van der Waals surface area contributed by atoms with Crippen LogP contribution in [0.2, 0.25) is 0 Å². The Bertz CT molecular complexity index is 460. The lowest BCUT2D eigenvalue weighted by molar-refractivity contribution is -0.137. The second-order valence-corrected chi connectivity index (χ2v) is 4.97. The van der Waals surface area contributed by atoms with Crippen LogP contribution in [-0.4, -0.2) is 24.2 Å². The highest BCUT2D eigenvalue weighted by molar-refractivity contribution is 5.78. The molecular weight excluding hydrogens is 283 g/mol. The summed E-state index contributed by atoms with van der Waals surface area (Å²) in [5.74, 6) is -0.133. The smallest absolute Gasteiger partial charge is 0.396 e. The largest absolute Gasteiger partial charge is 0.416 e. The lowest BCUT2D eigenvalue weighted by atomic mass is 10.0. The van der Waals surface area contributed by atoms with E-state index in [2.05, 4.69) is 5.32 Å². The van der Waals surface area contributed by atoms with Crippen molar-refractivity contribution in [2.75, 3.05) is 13.2 Å². The molecule has 1 amide bonds. The minimum atomic E-state index is -4.40. The molecule has 0 heterocycles. The topological polar surface area (TPSA) is 49.3 Å². The van der Waals surface area contributed by atoms with Crippen molar-refractivity contribution >= 4 is 5.91 Å². The SMILES string of the molecule is CCC(CCO)CNC(=O)Cc1cccc(C(F)(F)F)c1. The summed E-state index contributed by atoms with van der Waals surface area (Å²) in [7, 11) is 0. The summed E-state index contributed by atoms with van der Waals surface area (Å²) in [5.41, 5.74) is -0.419. The lowest BCUT2D eigenvalue weighted by Crippen LogP contribution is -2.30. The zero-order valence-electron chi connectivity index (χ0n) is 11.9. The Morgan fingerprint density at radius 2 is 2.10 bits per heavy atom. The van der Waals surface area contributed by atoms with Crippen LogP contribution in [0.4, 0.5) is 13.2 Å². The molecule has 1 rings (SSSR count). The molecule has 21 heavy (non-hydrogen) atoms. The lowest BCUT2D eigenvalue weighted by Gasteiger charge is -2.14. The van der Waals surface area contributed by atoms with Crippen LogP contribution < -0.4 is 5.32 Å². The molecule has 0 aliphatic heterocycles. The number of alkyl halides is 3. The fraction of sp³-hybridized carbons (Fsp3) is 0.533. The fourth-order valence-corrected chi connectivity index (χ4v) is 2.00. The Labute approximate surface area is 122 Å². The number of nitrogens with one attached hydrogen (secondary N) is 1. The molecule has 2 N–H and O–H groups in total. The van der Waals surface area contributed by atoms with Crippen LogP contribution in [-0.2, 0) is 17.4 Å². The van der Waals surface area contributed by atoms with Gasteiger partial charge in [-0.2, -0.15) is 13.2 Å². The fourth-order valence-electron chi connectivity index (χ4n) is 2.00. The van der Waals surface area contributed by atoms with Gasteiger partial charge in [-0.3, -0.25) is 4.79 Å². The first-order valence-electron chi connectivity index (χ1n) is 6.90. The molecule has 118 valence electrons. The molecule has 6 heteroatoms. The summed E-state index contributed by atoms with van der Waals surface area (Å²) in [5, 5.41) is 11.5. The van der Waals surface area contributed by atoms with E-state index < -0.39 is 11.7 Å². The van der Waals surface area contributed by atoms with Crippen molar-refractivity contribution in [2.45, 2.75) is 32.4 Å². The predicted octanol–water partition coefficient (Wildman–Crippen LogP) is 2.77. The van der Waals surface area contributed by atoms with E-state index in [0.717, 1.165) is 18.6 Å². The average Bonchev–Trinajstić information content (AvgIpc) is 2.42. The second-order valence-electron chi connectivity index (χ2n) is 4.97. The van der Waals surface area contributed by atoms with Crippen molar-refractivity contribution in [1.82, 2.24) is 5.32 Å². The highest BCUT2D eigenvalue weighted by Gasteiger charge is 2.30. The first kappa shape index (κ1) is 17.5. The van der Waals surface area contributed by atoms with E-state index in [1.54, 1.807) is 0 Å². The quantitative estimate of drug-likeness (QED) is 0.814. The number of aliphatic hydroxyl groups is 1. The van der Waals surface area contributed by atoms with E-state index >= 15 is 0 Å². The van der Waals surface area contributed by atoms with Gasteiger partial charge in [0.1, 0.15) is 0 Å². The van der Waals surface area contributed by atoms with E-state index in [-0.39, 0.29) is 24.9 Å². The Kier molecular flexibility index (Phi) is 6.68. The van der Waals surface area contributed by atoms with Crippen LogP contribution in [0.5, 0.6) is 0 Å². The van der Waals surface area contributed by atoms with Gasteiger partial charge in [0, 0.05) is 13.2 Å². The van der Waals surface area contributed by atoms with Gasteiger partial charge in [0.15, 0.2) is 0 Å². The number of hydrogen-bond acceptors (Lipinski definition) is 2. The number of amides is 1. The molecule has 0 saturated carbocycles. The number of benzene rings is 1. The molecule has 0 fully saturated rings. The summed E-state index contributed by atoms with van der Waals surface area (Å²) < 4.78 is 37.7. The van der Waals surface area contributed by atoms with E-state index in [9.17, 15) is 18.0 Å². The highest BCUT2D eigenvalue weighted by atomic mass is 19.4. The minimum Gasteiger partial charge on any atom is -0.396 e. The average molecular weight is 303 g/mol. The molecule has 0 saturated heterocycles. The monoisotopic (exact) mass is 303 g/mol. The minimum absolute atomic E-state index is 0.0575. The van der Waals surface area contributed by atoms with Crippen molar-refractivity contribution in [3.63, 3.8) is 0 Å². The van der Waals surface area contributed by atoms with Crippen molar-refractivity contribution in [2.24, 2.45) is 5.92 Å². The van der Waals surface area contributed by atoms with Crippen LogP contribution in [0.25, 0.3) is 0 Å². The van der Waals surface area contributed by atoms with Gasteiger partial charge in [0.05, 0.1) is 12.0 Å². The summed E-state index contributed by atoms with van der Waals surface area (Å²) >= 11 is 0. The Balaban J connectivity index is 2.55. The van der Waals surface area contributed by atoms with Crippen molar-refractivity contribution in [3.05, 3.63) is 35.4 Å². The molecule has 1 aromatic carbocycles. The zero-order chi connectivity index (χ0) is 15.9. The summed E-state index contributed by atoms with van der Waals surface area (Å²) in [6, 6.07) is 4.77. The maximum absolute atomic E-state index is 12.6. The Morgan fingerprint density at radius 1 is 1.38 bits per heavy atom. The molecule has 0 aromatic heterocycles. The molecule has 0 bridgehead atoms. The molecule has 1 atom stereocenters. The summed E-state index contributed by atoms with van der Waals surface area (Å²) in [6.07, 6.45) is -3.06. The molecule has 3 nitrogen and oxygen atoms in total. The molecule has 0 spiro atoms. The van der Waals surface area contributed by atoms with Gasteiger partial charge in [0.25, 0.3) is 0 Å². The van der Waals surface area contributed by atoms with Crippen LogP contribution in [0.1, 0.15) is 30.9 Å². The van der Waals surface area contributed by atoms with Crippen molar-refractivity contribution < 1.29 is 23.1 Å². The van der Waals surface area contributed by atoms with E-state index in [1.807, 2.05) is 6.92 Å². The van der Waals surface area contributed by atoms with Crippen LogP contribution in [0.15, 0.2) is 24.3 Å². The van der Waals surface area contributed by atoms with Crippen LogP contribution in [0.3, 0.4) is 0 Å². The molecule has 0 aliphatic carbocycles. The van der Waals surface area contributed by atoms with E-state index in [1.165, 1.54) is 12.1 Å². The van der Waals surface area contributed by atoms with Crippen molar-refractivity contribution in [3.8, 4) is 0 Å². The third kappa shape index (κ3) is 6.16. The second kappa shape index (κ2) is 8.02. The van der Waals surface area contributed by atoms with Gasteiger partial charge in [0.2, 0.25) is 5.91 Å². The van der Waals surface area contributed by atoms with Gasteiger partial charge >= 0.3 is 6.18 Å². The molecule has 0 radical (unpaired) electrons. The Hall–Kier alpha value is -1.56. The maximum atomic E-state index is 12.6. The summed E-state index contributed by atoms with van der Waals surface area (Å²) in [4.78, 5) is 11.7. The van der Waals surface area contributed by atoms with Gasteiger partial charge in [-0.05, 0) is 24.0 Å². The standard InChI is InChI=1S/C15H20F3NO2/c1-2-11(6-7-20)10-19-14(21)9-12-4-3-5-13(8-12)15(16,17)18/h3-5,8,11,20H,2,6-7,9-10H2,1H3,(H,19,21). The predicted molar refractivity (Wildman–Crippen MR) is 73.6 cm³/mol. The van der Waals surface area contributed by atoms with Gasteiger partial charge in [-0.1, -0.05) is 31.5 Å². The number of hydrogen-bond donors (Lipinski definition) is 2. The van der Waals surface area contributed by atoms with Crippen molar-refractivity contribution in [1.29, 1.82) is 0 Å². The number of carbonyl (C=O) groups is 1.